The molecule has 9 heteroatoms. The Morgan fingerprint density at radius 3 is 2.53 bits per heavy atom. The summed E-state index contributed by atoms with van der Waals surface area (Å²) in [5, 5.41) is -0.464. The standard InChI is InChI=1S/C10H13ClN2O4S2/c11-9-1-4-12-7-10(9)13-19(16,17)8-2-5-18(14,15)6-3-8/h1,4,7-8,13H,2-3,5-6H2. The average molecular weight is 325 g/mol. The molecule has 0 aromatic carbocycles. The molecule has 2 heterocycles. The molecule has 0 saturated carbocycles. The van der Waals surface area contributed by atoms with Gasteiger partial charge in [0, 0.05) is 6.20 Å². The van der Waals surface area contributed by atoms with Crippen LogP contribution in [0.1, 0.15) is 12.8 Å². The summed E-state index contributed by atoms with van der Waals surface area (Å²) in [6.45, 7) is 0. The van der Waals surface area contributed by atoms with E-state index in [2.05, 4.69) is 9.71 Å². The molecule has 0 atom stereocenters. The Kier molecular flexibility index (Phi) is 4.03. The number of halogens is 1. The lowest BCUT2D eigenvalue weighted by Crippen LogP contribution is -2.36. The van der Waals surface area contributed by atoms with E-state index in [1.807, 2.05) is 0 Å². The lowest BCUT2D eigenvalue weighted by molar-refractivity contribution is 0.555. The Balaban J connectivity index is 2.14. The predicted molar refractivity (Wildman–Crippen MR) is 73.5 cm³/mol. The smallest absolute Gasteiger partial charge is 0.235 e. The van der Waals surface area contributed by atoms with Crippen LogP contribution in [0.3, 0.4) is 0 Å². The third-order valence-corrected chi connectivity index (χ3v) is 6.86. The maximum atomic E-state index is 12.1. The van der Waals surface area contributed by atoms with Crippen LogP contribution in [0.5, 0.6) is 0 Å². The van der Waals surface area contributed by atoms with Gasteiger partial charge in [-0.3, -0.25) is 9.71 Å². The van der Waals surface area contributed by atoms with Crippen molar-refractivity contribution in [1.29, 1.82) is 0 Å². The third-order valence-electron chi connectivity index (χ3n) is 2.96. The minimum absolute atomic E-state index is 0.0979. The fraction of sp³-hybridized carbons (Fsp3) is 0.500. The quantitative estimate of drug-likeness (QED) is 0.897. The normalized spacial score (nSPS) is 20.1. The number of hydrogen-bond donors (Lipinski definition) is 1. The maximum Gasteiger partial charge on any atom is 0.235 e. The summed E-state index contributed by atoms with van der Waals surface area (Å²) < 4.78 is 49.2. The van der Waals surface area contributed by atoms with Gasteiger partial charge in [0.25, 0.3) is 0 Å². The maximum absolute atomic E-state index is 12.1. The Bertz CT molecular complexity index is 659. The van der Waals surface area contributed by atoms with Gasteiger partial charge in [-0.15, -0.1) is 0 Å². The summed E-state index contributed by atoms with van der Waals surface area (Å²) in [6, 6.07) is 1.48. The zero-order valence-electron chi connectivity index (χ0n) is 9.91. The molecule has 1 aromatic rings. The van der Waals surface area contributed by atoms with Crippen LogP contribution < -0.4 is 4.72 Å². The minimum atomic E-state index is -3.65. The summed E-state index contributed by atoms with van der Waals surface area (Å²) >= 11 is 5.85. The van der Waals surface area contributed by atoms with Gasteiger partial charge in [-0.05, 0) is 18.9 Å². The van der Waals surface area contributed by atoms with Crippen LogP contribution in [-0.2, 0) is 19.9 Å². The number of aromatic nitrogens is 1. The van der Waals surface area contributed by atoms with Crippen molar-refractivity contribution in [2.24, 2.45) is 0 Å². The van der Waals surface area contributed by atoms with E-state index in [4.69, 9.17) is 11.6 Å². The molecule has 0 radical (unpaired) electrons. The van der Waals surface area contributed by atoms with Crippen LogP contribution in [0.15, 0.2) is 18.5 Å². The molecule has 19 heavy (non-hydrogen) atoms. The van der Waals surface area contributed by atoms with Gasteiger partial charge in [0.15, 0.2) is 0 Å². The molecular formula is C10H13ClN2O4S2. The predicted octanol–water partition coefficient (Wildman–Crippen LogP) is 1.05. The van der Waals surface area contributed by atoms with E-state index in [9.17, 15) is 16.8 Å². The van der Waals surface area contributed by atoms with Gasteiger partial charge in [0.1, 0.15) is 9.84 Å². The van der Waals surface area contributed by atoms with Gasteiger partial charge in [0.05, 0.1) is 33.7 Å². The molecule has 1 aliphatic heterocycles. The number of rotatable bonds is 3. The number of nitrogens with one attached hydrogen (secondary N) is 1. The number of pyridine rings is 1. The van der Waals surface area contributed by atoms with Crippen LogP contribution in [0.4, 0.5) is 5.69 Å². The largest absolute Gasteiger partial charge is 0.280 e. The van der Waals surface area contributed by atoms with Crippen LogP contribution in [0, 0.1) is 0 Å². The molecule has 2 rings (SSSR count). The summed E-state index contributed by atoms with van der Waals surface area (Å²) in [4.78, 5) is 3.79. The van der Waals surface area contributed by atoms with Gasteiger partial charge in [-0.1, -0.05) is 11.6 Å². The van der Waals surface area contributed by atoms with Crippen molar-refractivity contribution in [3.8, 4) is 0 Å². The van der Waals surface area contributed by atoms with Crippen molar-refractivity contribution in [2.75, 3.05) is 16.2 Å². The zero-order valence-corrected chi connectivity index (χ0v) is 12.3. The molecule has 1 aliphatic rings. The number of sulfone groups is 1. The van der Waals surface area contributed by atoms with E-state index in [-0.39, 0.29) is 35.1 Å². The first kappa shape index (κ1) is 14.5. The van der Waals surface area contributed by atoms with E-state index in [1.54, 1.807) is 0 Å². The molecule has 6 nitrogen and oxygen atoms in total. The van der Waals surface area contributed by atoms with Crippen molar-refractivity contribution >= 4 is 37.1 Å². The van der Waals surface area contributed by atoms with Crippen molar-refractivity contribution < 1.29 is 16.8 Å². The molecule has 1 aromatic heterocycles. The van der Waals surface area contributed by atoms with Gasteiger partial charge < -0.3 is 0 Å². The second-order valence-electron chi connectivity index (χ2n) is 4.35. The molecule has 0 spiro atoms. The second kappa shape index (κ2) is 5.26. The molecule has 0 unspecified atom stereocenters. The molecule has 1 fully saturated rings. The fourth-order valence-electron chi connectivity index (χ4n) is 1.87. The number of sulfonamides is 1. The summed E-state index contributed by atoms with van der Waals surface area (Å²) in [5.74, 6) is -0.196. The van der Waals surface area contributed by atoms with Crippen molar-refractivity contribution in [2.45, 2.75) is 18.1 Å². The topological polar surface area (TPSA) is 93.2 Å². The van der Waals surface area contributed by atoms with Crippen LogP contribution in [-0.4, -0.2) is 38.6 Å². The monoisotopic (exact) mass is 324 g/mol. The zero-order chi connectivity index (χ0) is 14.1. The highest BCUT2D eigenvalue weighted by atomic mass is 35.5. The first-order valence-corrected chi connectivity index (χ1v) is 9.36. The summed E-state index contributed by atoms with van der Waals surface area (Å²) in [5.41, 5.74) is 0.206. The van der Waals surface area contributed by atoms with E-state index in [0.29, 0.717) is 0 Å². The highest BCUT2D eigenvalue weighted by Crippen LogP contribution is 2.25. The van der Waals surface area contributed by atoms with E-state index >= 15 is 0 Å². The lowest BCUT2D eigenvalue weighted by atomic mass is 10.2. The van der Waals surface area contributed by atoms with E-state index in [0.717, 1.165) is 0 Å². The highest BCUT2D eigenvalue weighted by Gasteiger charge is 2.33. The van der Waals surface area contributed by atoms with Gasteiger partial charge in [-0.25, -0.2) is 16.8 Å². The van der Waals surface area contributed by atoms with E-state index in [1.165, 1.54) is 18.5 Å². The summed E-state index contributed by atoms with van der Waals surface area (Å²) in [6.07, 6.45) is 2.98. The molecular weight excluding hydrogens is 312 g/mol. The first-order chi connectivity index (χ1) is 8.80. The Hall–Kier alpha value is -0.860. The third kappa shape index (κ3) is 3.58. The van der Waals surface area contributed by atoms with Crippen molar-refractivity contribution in [3.05, 3.63) is 23.5 Å². The molecule has 1 saturated heterocycles. The minimum Gasteiger partial charge on any atom is -0.280 e. The number of nitrogens with zero attached hydrogens (tertiary/aromatic N) is 1. The SMILES string of the molecule is O=S1(=O)CCC(S(=O)(=O)Nc2cnccc2Cl)CC1. The van der Waals surface area contributed by atoms with Crippen LogP contribution in [0.2, 0.25) is 5.02 Å². The second-order valence-corrected chi connectivity index (χ2v) is 9.03. The molecule has 106 valence electrons. The van der Waals surface area contributed by atoms with Gasteiger partial charge in [0.2, 0.25) is 10.0 Å². The molecule has 1 N–H and O–H groups in total. The summed E-state index contributed by atoms with van der Waals surface area (Å²) in [7, 11) is -6.74. The molecule has 0 bridgehead atoms. The average Bonchev–Trinajstić information content (AvgIpc) is 2.31. The molecule has 0 aliphatic carbocycles. The Labute approximate surface area is 117 Å². The van der Waals surface area contributed by atoms with Crippen molar-refractivity contribution in [1.82, 2.24) is 4.98 Å². The fourth-order valence-corrected chi connectivity index (χ4v) is 5.36. The van der Waals surface area contributed by atoms with Gasteiger partial charge >= 0.3 is 0 Å². The van der Waals surface area contributed by atoms with Crippen molar-refractivity contribution in [3.63, 3.8) is 0 Å². The van der Waals surface area contributed by atoms with E-state index < -0.39 is 25.1 Å². The highest BCUT2D eigenvalue weighted by molar-refractivity contribution is 7.94. The number of anilines is 1. The Morgan fingerprint density at radius 2 is 1.95 bits per heavy atom. The van der Waals surface area contributed by atoms with Crippen LogP contribution >= 0.6 is 11.6 Å². The molecule has 0 amide bonds. The van der Waals surface area contributed by atoms with Gasteiger partial charge in [-0.2, -0.15) is 0 Å². The lowest BCUT2D eigenvalue weighted by Gasteiger charge is -2.22. The Morgan fingerprint density at radius 1 is 1.32 bits per heavy atom. The van der Waals surface area contributed by atoms with Crippen LogP contribution in [0.25, 0.3) is 0 Å². The number of hydrogen-bond acceptors (Lipinski definition) is 5. The first-order valence-electron chi connectivity index (χ1n) is 5.62.